The maximum Gasteiger partial charge on any atom is 0.147 e. The summed E-state index contributed by atoms with van der Waals surface area (Å²) in [6.07, 6.45) is -0.0133. The first kappa shape index (κ1) is 7.74. The van der Waals surface area contributed by atoms with E-state index in [9.17, 15) is 0 Å². The van der Waals surface area contributed by atoms with Gasteiger partial charge in [-0.2, -0.15) is 0 Å². The molecule has 44 valence electrons. The Morgan fingerprint density at radius 2 is 2.14 bits per heavy atom. The van der Waals surface area contributed by atoms with Gasteiger partial charge in [-0.05, 0) is 0 Å². The van der Waals surface area contributed by atoms with Crippen LogP contribution in [0.2, 0.25) is 0 Å². The zero-order valence-electron chi connectivity index (χ0n) is 3.74. The lowest BCUT2D eigenvalue weighted by atomic mass is 11.6. The van der Waals surface area contributed by atoms with Crippen LogP contribution in [0.15, 0.2) is 0 Å². The molecule has 0 aromatic carbocycles. The predicted molar refractivity (Wildman–Crippen MR) is 31.9 cm³/mol. The highest BCUT2D eigenvalue weighted by Crippen LogP contribution is 2.43. The summed E-state index contributed by atoms with van der Waals surface area (Å²) in [6.45, 7) is -0.310. The maximum absolute atomic E-state index is 8.24. The van der Waals surface area contributed by atoms with Crippen molar-refractivity contribution < 1.29 is 14.7 Å². The van der Waals surface area contributed by atoms with Crippen LogP contribution in [-0.4, -0.2) is 23.4 Å². The van der Waals surface area contributed by atoms with Crippen LogP contribution in [-0.2, 0) is 4.52 Å². The standard InChI is InChI=1S/C2H8O3P2/c3-1-5-7(6)2-4/h3-4H,1-2,6H2. The van der Waals surface area contributed by atoms with Gasteiger partial charge in [0.1, 0.15) is 6.79 Å². The molecule has 0 bridgehead atoms. The highest BCUT2D eigenvalue weighted by molar-refractivity contribution is 8.10. The van der Waals surface area contributed by atoms with Crippen molar-refractivity contribution in [3.63, 3.8) is 0 Å². The molecule has 0 aliphatic heterocycles. The van der Waals surface area contributed by atoms with Gasteiger partial charge >= 0.3 is 0 Å². The summed E-state index contributed by atoms with van der Waals surface area (Å²) in [6, 6.07) is 0. The minimum atomic E-state index is -0.856. The van der Waals surface area contributed by atoms with Crippen LogP contribution < -0.4 is 0 Å². The van der Waals surface area contributed by atoms with Crippen molar-refractivity contribution in [3.8, 4) is 0 Å². The lowest BCUT2D eigenvalue weighted by Gasteiger charge is -2.03. The Kier molecular flexibility index (Phi) is 5.41. The second-order valence-electron chi connectivity index (χ2n) is 0.817. The fraction of sp³-hybridized carbons (Fsp3) is 1.00. The van der Waals surface area contributed by atoms with E-state index >= 15 is 0 Å². The first-order chi connectivity index (χ1) is 3.31. The van der Waals surface area contributed by atoms with Crippen LogP contribution in [0.4, 0.5) is 0 Å². The average Bonchev–Trinajstić information content (AvgIpc) is 1.68. The van der Waals surface area contributed by atoms with E-state index in [0.717, 1.165) is 0 Å². The Hall–Kier alpha value is 0.740. The molecule has 0 radical (unpaired) electrons. The van der Waals surface area contributed by atoms with Gasteiger partial charge in [-0.25, -0.2) is 0 Å². The van der Waals surface area contributed by atoms with Crippen molar-refractivity contribution in [1.82, 2.24) is 0 Å². The molecule has 0 fully saturated rings. The quantitative estimate of drug-likeness (QED) is 0.433. The van der Waals surface area contributed by atoms with E-state index in [1.807, 2.05) is 0 Å². The summed E-state index contributed by atoms with van der Waals surface area (Å²) in [7, 11) is 1.43. The van der Waals surface area contributed by atoms with Gasteiger partial charge in [-0.1, -0.05) is 8.93 Å². The molecule has 0 heterocycles. The van der Waals surface area contributed by atoms with E-state index in [1.54, 1.807) is 0 Å². The molecule has 0 aromatic rings. The number of rotatable bonds is 3. The van der Waals surface area contributed by atoms with Crippen molar-refractivity contribution in [3.05, 3.63) is 0 Å². The molecule has 2 atom stereocenters. The van der Waals surface area contributed by atoms with E-state index in [1.165, 1.54) is 0 Å². The highest BCUT2D eigenvalue weighted by Gasteiger charge is 1.94. The van der Waals surface area contributed by atoms with Crippen molar-refractivity contribution in [2.45, 2.75) is 0 Å². The van der Waals surface area contributed by atoms with Crippen LogP contribution in [0.25, 0.3) is 0 Å². The van der Waals surface area contributed by atoms with Crippen LogP contribution in [0.1, 0.15) is 0 Å². The smallest absolute Gasteiger partial charge is 0.147 e. The molecule has 0 amide bonds. The Morgan fingerprint density at radius 3 is 2.29 bits per heavy atom. The van der Waals surface area contributed by atoms with Gasteiger partial charge in [-0.3, -0.25) is 0 Å². The second kappa shape index (κ2) is 4.89. The third kappa shape index (κ3) is 4.60. The molecule has 0 aliphatic carbocycles. The molecule has 2 N–H and O–H groups in total. The summed E-state index contributed by atoms with van der Waals surface area (Å²) in [4.78, 5) is 0. The molecule has 0 saturated heterocycles. The van der Waals surface area contributed by atoms with Gasteiger partial charge in [0.25, 0.3) is 0 Å². The zero-order valence-corrected chi connectivity index (χ0v) is 5.79. The van der Waals surface area contributed by atoms with E-state index in [0.29, 0.717) is 0 Å². The normalized spacial score (nSPS) is 14.1. The monoisotopic (exact) mass is 142 g/mol. The minimum absolute atomic E-state index is 0.0133. The zero-order chi connectivity index (χ0) is 5.70. The van der Waals surface area contributed by atoms with E-state index < -0.39 is 7.84 Å². The van der Waals surface area contributed by atoms with Crippen molar-refractivity contribution in [2.24, 2.45) is 0 Å². The Morgan fingerprint density at radius 1 is 1.57 bits per heavy atom. The number of aliphatic hydroxyl groups is 2. The molecule has 7 heavy (non-hydrogen) atoms. The number of hydrogen-bond acceptors (Lipinski definition) is 3. The van der Waals surface area contributed by atoms with Gasteiger partial charge in [-0.15, -0.1) is 0 Å². The molecule has 0 aliphatic rings. The van der Waals surface area contributed by atoms with Gasteiger partial charge in [0, 0.05) is 0 Å². The van der Waals surface area contributed by atoms with E-state index in [2.05, 4.69) is 13.5 Å². The molecule has 0 aromatic heterocycles. The van der Waals surface area contributed by atoms with Crippen LogP contribution in [0, 0.1) is 0 Å². The van der Waals surface area contributed by atoms with Crippen LogP contribution in [0.3, 0.4) is 0 Å². The second-order valence-corrected chi connectivity index (χ2v) is 3.92. The molecule has 5 heteroatoms. The summed E-state index contributed by atoms with van der Waals surface area (Å²) >= 11 is 0. The first-order valence-corrected chi connectivity index (χ1v) is 4.74. The molecule has 0 saturated carbocycles. The molecule has 3 nitrogen and oxygen atoms in total. The molecule has 2 unspecified atom stereocenters. The fourth-order valence-corrected chi connectivity index (χ4v) is 0.545. The third-order valence-electron chi connectivity index (χ3n) is 0.363. The van der Waals surface area contributed by atoms with Crippen LogP contribution >= 0.6 is 16.8 Å². The van der Waals surface area contributed by atoms with Crippen LogP contribution in [0.5, 0.6) is 0 Å². The Balaban J connectivity index is 2.83. The first-order valence-electron chi connectivity index (χ1n) is 1.68. The maximum atomic E-state index is 8.24. The van der Waals surface area contributed by atoms with E-state index in [-0.39, 0.29) is 13.1 Å². The Labute approximate surface area is 45.6 Å². The molecule has 0 spiro atoms. The molecular weight excluding hydrogens is 134 g/mol. The highest BCUT2D eigenvalue weighted by atomic mass is 32.0. The Bertz CT molecular complexity index is 41.9. The molecular formula is C2H8O3P2. The average molecular weight is 142 g/mol. The number of hydrogen-bond donors (Lipinski definition) is 2. The van der Waals surface area contributed by atoms with Gasteiger partial charge in [0.2, 0.25) is 0 Å². The summed E-state index contributed by atoms with van der Waals surface area (Å²) in [5.41, 5.74) is 0. The summed E-state index contributed by atoms with van der Waals surface area (Å²) in [5.74, 6) is 0. The summed E-state index contributed by atoms with van der Waals surface area (Å²) < 4.78 is 4.52. The topological polar surface area (TPSA) is 49.7 Å². The largest absolute Gasteiger partial charge is 0.389 e. The third-order valence-corrected chi connectivity index (χ3v) is 2.03. The lowest BCUT2D eigenvalue weighted by molar-refractivity contribution is 0.110. The lowest BCUT2D eigenvalue weighted by Crippen LogP contribution is -1.84. The minimum Gasteiger partial charge on any atom is -0.389 e. The van der Waals surface area contributed by atoms with E-state index in [4.69, 9.17) is 10.2 Å². The van der Waals surface area contributed by atoms with Crippen molar-refractivity contribution >= 4 is 16.8 Å². The van der Waals surface area contributed by atoms with Crippen molar-refractivity contribution in [2.75, 3.05) is 13.1 Å². The van der Waals surface area contributed by atoms with Crippen molar-refractivity contribution in [1.29, 1.82) is 0 Å². The molecule has 0 rings (SSSR count). The van der Waals surface area contributed by atoms with Gasteiger partial charge in [0.15, 0.2) is 0 Å². The fourth-order valence-electron chi connectivity index (χ4n) is 0.115. The predicted octanol–water partition coefficient (Wildman–Crippen LogP) is 0.0896. The number of aliphatic hydroxyl groups excluding tert-OH is 2. The van der Waals surface area contributed by atoms with Gasteiger partial charge in [0.05, 0.1) is 14.2 Å². The SMILES string of the molecule is OCOP(P)CO. The van der Waals surface area contributed by atoms with Gasteiger partial charge < -0.3 is 14.7 Å². The summed E-state index contributed by atoms with van der Waals surface area (Å²) in [5, 5.41) is 16.3.